The van der Waals surface area contributed by atoms with Gasteiger partial charge < -0.3 is 15.3 Å². The SMILES string of the molecule is Cn1c(N2CCC(C)(CNC(=O)O)CC2)nc(Cl)c(Cl)c1=O. The van der Waals surface area contributed by atoms with Gasteiger partial charge in [0.1, 0.15) is 5.02 Å². The van der Waals surface area contributed by atoms with Crippen LogP contribution in [0.2, 0.25) is 10.2 Å². The fourth-order valence-electron chi connectivity index (χ4n) is 2.53. The number of hydrogen-bond donors (Lipinski definition) is 2. The summed E-state index contributed by atoms with van der Waals surface area (Å²) in [5.41, 5.74) is -0.484. The Morgan fingerprint density at radius 2 is 2.00 bits per heavy atom. The van der Waals surface area contributed by atoms with Crippen molar-refractivity contribution in [3.05, 3.63) is 20.5 Å². The van der Waals surface area contributed by atoms with Gasteiger partial charge in [0, 0.05) is 26.7 Å². The Morgan fingerprint density at radius 3 is 2.55 bits per heavy atom. The number of nitrogens with one attached hydrogen (secondary N) is 1. The highest BCUT2D eigenvalue weighted by Crippen LogP contribution is 2.32. The lowest BCUT2D eigenvalue weighted by atomic mass is 9.80. The molecule has 122 valence electrons. The van der Waals surface area contributed by atoms with Crippen LogP contribution >= 0.6 is 23.2 Å². The monoisotopic (exact) mass is 348 g/mol. The third-order valence-electron chi connectivity index (χ3n) is 4.09. The van der Waals surface area contributed by atoms with Gasteiger partial charge in [-0.05, 0) is 18.3 Å². The van der Waals surface area contributed by atoms with E-state index in [9.17, 15) is 9.59 Å². The number of carboxylic acid groups (broad SMARTS) is 1. The first-order chi connectivity index (χ1) is 10.2. The van der Waals surface area contributed by atoms with Crippen LogP contribution in [0.5, 0.6) is 0 Å². The van der Waals surface area contributed by atoms with E-state index in [1.807, 2.05) is 11.8 Å². The van der Waals surface area contributed by atoms with Crippen LogP contribution in [0.25, 0.3) is 0 Å². The molecule has 0 unspecified atom stereocenters. The highest BCUT2D eigenvalue weighted by Gasteiger charge is 2.32. The van der Waals surface area contributed by atoms with Crippen LogP contribution in [0.15, 0.2) is 4.79 Å². The predicted octanol–water partition coefficient (Wildman–Crippen LogP) is 1.96. The summed E-state index contributed by atoms with van der Waals surface area (Å²) in [7, 11) is 1.60. The second kappa shape index (κ2) is 6.34. The molecule has 22 heavy (non-hydrogen) atoms. The first kappa shape index (κ1) is 16.9. The van der Waals surface area contributed by atoms with E-state index < -0.39 is 6.09 Å². The Kier molecular flexibility index (Phi) is 4.87. The maximum Gasteiger partial charge on any atom is 0.404 e. The summed E-state index contributed by atoms with van der Waals surface area (Å²) in [6.07, 6.45) is 0.546. The molecular formula is C13H18Cl2N4O3. The number of anilines is 1. The second-order valence-electron chi connectivity index (χ2n) is 5.84. The first-order valence-electron chi connectivity index (χ1n) is 6.87. The van der Waals surface area contributed by atoms with Crippen LogP contribution in [-0.4, -0.2) is 40.4 Å². The summed E-state index contributed by atoms with van der Waals surface area (Å²) in [5.74, 6) is 0.479. The Morgan fingerprint density at radius 1 is 1.41 bits per heavy atom. The van der Waals surface area contributed by atoms with Crippen molar-refractivity contribution in [2.45, 2.75) is 19.8 Å². The number of amides is 1. The van der Waals surface area contributed by atoms with Crippen LogP contribution in [-0.2, 0) is 7.05 Å². The van der Waals surface area contributed by atoms with E-state index in [-0.39, 0.29) is 21.2 Å². The lowest BCUT2D eigenvalue weighted by molar-refractivity contribution is 0.178. The molecule has 9 heteroatoms. The highest BCUT2D eigenvalue weighted by atomic mass is 35.5. The second-order valence-corrected chi connectivity index (χ2v) is 6.57. The quantitative estimate of drug-likeness (QED) is 0.815. The average molecular weight is 349 g/mol. The molecule has 7 nitrogen and oxygen atoms in total. The van der Waals surface area contributed by atoms with Gasteiger partial charge in [-0.3, -0.25) is 9.36 Å². The van der Waals surface area contributed by atoms with E-state index in [1.165, 1.54) is 4.57 Å². The number of piperidine rings is 1. The first-order valence-corrected chi connectivity index (χ1v) is 7.63. The molecule has 1 fully saturated rings. The van der Waals surface area contributed by atoms with Gasteiger partial charge in [0.25, 0.3) is 5.56 Å². The van der Waals surface area contributed by atoms with Crippen LogP contribution in [0.3, 0.4) is 0 Å². The molecule has 1 saturated heterocycles. The number of nitrogens with zero attached hydrogens (tertiary/aromatic N) is 3. The summed E-state index contributed by atoms with van der Waals surface area (Å²) in [6.45, 7) is 3.78. The minimum Gasteiger partial charge on any atom is -0.465 e. The standard InChI is InChI=1S/C13H18Cl2N4O3/c1-13(7-16-12(21)22)3-5-19(6-4-13)11-17-9(15)8(14)10(20)18(11)2/h16H,3-7H2,1-2H3,(H,21,22). The molecule has 0 saturated carbocycles. The van der Waals surface area contributed by atoms with Gasteiger partial charge in [0.15, 0.2) is 5.15 Å². The maximum atomic E-state index is 12.0. The van der Waals surface area contributed by atoms with Crippen LogP contribution in [0.4, 0.5) is 10.7 Å². The molecule has 2 heterocycles. The highest BCUT2D eigenvalue weighted by molar-refractivity contribution is 6.41. The molecular weight excluding hydrogens is 331 g/mol. The molecule has 1 amide bonds. The van der Waals surface area contributed by atoms with Gasteiger partial charge in [-0.15, -0.1) is 0 Å². The molecule has 1 aliphatic heterocycles. The molecule has 2 rings (SSSR count). The molecule has 0 bridgehead atoms. The predicted molar refractivity (Wildman–Crippen MR) is 85.1 cm³/mol. The number of rotatable bonds is 3. The van der Waals surface area contributed by atoms with E-state index in [4.69, 9.17) is 28.3 Å². The van der Waals surface area contributed by atoms with Crippen molar-refractivity contribution in [3.63, 3.8) is 0 Å². The molecule has 0 atom stereocenters. The number of carbonyl (C=O) groups is 1. The third kappa shape index (κ3) is 3.47. The largest absolute Gasteiger partial charge is 0.465 e. The van der Waals surface area contributed by atoms with Gasteiger partial charge in [-0.25, -0.2) is 9.78 Å². The fraction of sp³-hybridized carbons (Fsp3) is 0.615. The van der Waals surface area contributed by atoms with Gasteiger partial charge in [-0.1, -0.05) is 30.1 Å². The number of hydrogen-bond acceptors (Lipinski definition) is 4. The minimum atomic E-state index is -1.02. The number of halogens is 2. The van der Waals surface area contributed by atoms with Crippen LogP contribution in [0, 0.1) is 5.41 Å². The van der Waals surface area contributed by atoms with Crippen molar-refractivity contribution in [1.29, 1.82) is 0 Å². The van der Waals surface area contributed by atoms with Gasteiger partial charge in [0.2, 0.25) is 5.95 Å². The zero-order valence-corrected chi connectivity index (χ0v) is 13.9. The smallest absolute Gasteiger partial charge is 0.404 e. The lowest BCUT2D eigenvalue weighted by Crippen LogP contribution is -2.46. The normalized spacial score (nSPS) is 17.4. The van der Waals surface area contributed by atoms with E-state index in [0.29, 0.717) is 25.6 Å². The topological polar surface area (TPSA) is 87.5 Å². The molecule has 1 aromatic heterocycles. The summed E-state index contributed by atoms with van der Waals surface area (Å²) in [4.78, 5) is 28.7. The number of aromatic nitrogens is 2. The summed E-state index contributed by atoms with van der Waals surface area (Å²) >= 11 is 11.7. The molecule has 0 aliphatic carbocycles. The molecule has 0 aromatic carbocycles. The van der Waals surface area contributed by atoms with E-state index in [1.54, 1.807) is 7.05 Å². The Hall–Kier alpha value is -1.47. The van der Waals surface area contributed by atoms with E-state index in [2.05, 4.69) is 10.3 Å². The van der Waals surface area contributed by atoms with Crippen molar-refractivity contribution in [3.8, 4) is 0 Å². The zero-order chi connectivity index (χ0) is 16.5. The average Bonchev–Trinajstić information content (AvgIpc) is 2.48. The fourth-order valence-corrected chi connectivity index (χ4v) is 2.86. The molecule has 2 N–H and O–H groups in total. The Labute approximate surface area is 137 Å². The van der Waals surface area contributed by atoms with Crippen molar-refractivity contribution in [2.24, 2.45) is 12.5 Å². The van der Waals surface area contributed by atoms with Gasteiger partial charge in [-0.2, -0.15) is 0 Å². The third-order valence-corrected chi connectivity index (χ3v) is 4.80. The van der Waals surface area contributed by atoms with Crippen molar-refractivity contribution in [1.82, 2.24) is 14.9 Å². The van der Waals surface area contributed by atoms with Gasteiger partial charge >= 0.3 is 6.09 Å². The summed E-state index contributed by atoms with van der Waals surface area (Å²) in [6, 6.07) is 0. The summed E-state index contributed by atoms with van der Waals surface area (Å²) in [5, 5.41) is 11.1. The maximum absolute atomic E-state index is 12.0. The molecule has 0 spiro atoms. The van der Waals surface area contributed by atoms with E-state index >= 15 is 0 Å². The summed E-state index contributed by atoms with van der Waals surface area (Å²) < 4.78 is 1.38. The van der Waals surface area contributed by atoms with Gasteiger partial charge in [0.05, 0.1) is 0 Å². The van der Waals surface area contributed by atoms with E-state index in [0.717, 1.165) is 12.8 Å². The Balaban J connectivity index is 2.12. The van der Waals surface area contributed by atoms with Crippen molar-refractivity contribution < 1.29 is 9.90 Å². The molecule has 1 aromatic rings. The Bertz CT molecular complexity index is 639. The zero-order valence-electron chi connectivity index (χ0n) is 12.4. The van der Waals surface area contributed by atoms with Crippen molar-refractivity contribution >= 4 is 35.2 Å². The lowest BCUT2D eigenvalue weighted by Gasteiger charge is -2.40. The minimum absolute atomic E-state index is 0.000598. The molecule has 1 aliphatic rings. The van der Waals surface area contributed by atoms with Crippen LogP contribution < -0.4 is 15.8 Å². The molecule has 0 radical (unpaired) electrons. The van der Waals surface area contributed by atoms with Crippen LogP contribution in [0.1, 0.15) is 19.8 Å². The van der Waals surface area contributed by atoms with Crippen molar-refractivity contribution in [2.75, 3.05) is 24.5 Å².